The zero-order chi connectivity index (χ0) is 11.8. The van der Waals surface area contributed by atoms with E-state index in [2.05, 4.69) is 25.2 Å². The largest absolute Gasteiger partial charge is 0.478 e. The zero-order valence-corrected chi connectivity index (χ0v) is 9.71. The molecule has 3 heteroatoms. The second kappa shape index (κ2) is 3.81. The summed E-state index contributed by atoms with van der Waals surface area (Å²) in [6.07, 6.45) is 2.07. The van der Waals surface area contributed by atoms with Gasteiger partial charge in [-0.1, -0.05) is 26.0 Å². The molecule has 0 amide bonds. The van der Waals surface area contributed by atoms with Crippen molar-refractivity contribution in [1.82, 2.24) is 0 Å². The van der Waals surface area contributed by atoms with E-state index in [9.17, 15) is 4.79 Å². The number of hydrogen-bond donors (Lipinski definition) is 2. The molecule has 0 saturated heterocycles. The Bertz CT molecular complexity index is 422. The van der Waals surface area contributed by atoms with Crippen molar-refractivity contribution in [3.63, 3.8) is 0 Å². The van der Waals surface area contributed by atoms with Gasteiger partial charge in [0.1, 0.15) is 0 Å². The fourth-order valence-electron chi connectivity index (χ4n) is 2.60. The molecule has 1 aromatic rings. The summed E-state index contributed by atoms with van der Waals surface area (Å²) in [6.45, 7) is 5.17. The van der Waals surface area contributed by atoms with Crippen molar-refractivity contribution in [2.24, 2.45) is 0 Å². The number of hydrogen-bond acceptors (Lipinski definition) is 2. The first kappa shape index (κ1) is 11.0. The number of para-hydroxylation sites is 1. The quantitative estimate of drug-likeness (QED) is 0.821. The van der Waals surface area contributed by atoms with Crippen LogP contribution in [0.2, 0.25) is 0 Å². The predicted molar refractivity (Wildman–Crippen MR) is 64.2 cm³/mol. The van der Waals surface area contributed by atoms with Gasteiger partial charge in [-0.05, 0) is 24.5 Å². The maximum atomic E-state index is 11.1. The molecule has 0 aromatic heterocycles. The first-order valence-corrected chi connectivity index (χ1v) is 5.75. The average Bonchev–Trinajstić information content (AvgIpc) is 2.68. The zero-order valence-electron chi connectivity index (χ0n) is 9.71. The van der Waals surface area contributed by atoms with Crippen LogP contribution in [0, 0.1) is 0 Å². The number of anilines is 1. The van der Waals surface area contributed by atoms with Crippen LogP contribution in [0.1, 0.15) is 42.6 Å². The molecule has 0 atom stereocenters. The second-order valence-corrected chi connectivity index (χ2v) is 4.37. The lowest BCUT2D eigenvalue weighted by Crippen LogP contribution is -2.26. The van der Waals surface area contributed by atoms with E-state index in [1.165, 1.54) is 0 Å². The first-order chi connectivity index (χ1) is 7.64. The molecule has 0 unspecified atom stereocenters. The Hall–Kier alpha value is -1.51. The molecule has 1 aromatic carbocycles. The lowest BCUT2D eigenvalue weighted by atomic mass is 9.77. The normalized spacial score (nSPS) is 16.6. The maximum Gasteiger partial charge on any atom is 0.337 e. The number of carboxylic acid groups (broad SMARTS) is 1. The van der Waals surface area contributed by atoms with Gasteiger partial charge in [0.2, 0.25) is 0 Å². The van der Waals surface area contributed by atoms with E-state index in [-0.39, 0.29) is 5.41 Å². The summed E-state index contributed by atoms with van der Waals surface area (Å²) in [5.74, 6) is -0.854. The monoisotopic (exact) mass is 219 g/mol. The number of carbonyl (C=O) groups is 1. The lowest BCUT2D eigenvalue weighted by Gasteiger charge is -2.26. The summed E-state index contributed by atoms with van der Waals surface area (Å²) >= 11 is 0. The van der Waals surface area contributed by atoms with Gasteiger partial charge in [-0.2, -0.15) is 0 Å². The lowest BCUT2D eigenvalue weighted by molar-refractivity contribution is 0.0698. The van der Waals surface area contributed by atoms with Gasteiger partial charge in [0.25, 0.3) is 0 Å². The van der Waals surface area contributed by atoms with Crippen LogP contribution in [0.15, 0.2) is 18.2 Å². The standard InChI is InChI=1S/C13H17NO2/c1-3-13(4-2)8-14-11-9(12(15)16)6-5-7-10(11)13/h5-7,14H,3-4,8H2,1-2H3,(H,15,16). The molecular formula is C13H17NO2. The van der Waals surface area contributed by atoms with Crippen LogP contribution in [0.25, 0.3) is 0 Å². The van der Waals surface area contributed by atoms with Crippen molar-refractivity contribution in [3.8, 4) is 0 Å². The molecule has 3 nitrogen and oxygen atoms in total. The van der Waals surface area contributed by atoms with Crippen molar-refractivity contribution < 1.29 is 9.90 Å². The summed E-state index contributed by atoms with van der Waals surface area (Å²) in [7, 11) is 0. The number of aromatic carboxylic acids is 1. The van der Waals surface area contributed by atoms with Gasteiger partial charge in [-0.25, -0.2) is 4.79 Å². The molecule has 0 saturated carbocycles. The Morgan fingerprint density at radius 1 is 1.44 bits per heavy atom. The molecule has 0 radical (unpaired) electrons. The summed E-state index contributed by atoms with van der Waals surface area (Å²) in [5, 5.41) is 12.4. The highest BCUT2D eigenvalue weighted by Crippen LogP contribution is 2.43. The molecule has 0 bridgehead atoms. The van der Waals surface area contributed by atoms with Gasteiger partial charge in [0.15, 0.2) is 0 Å². The summed E-state index contributed by atoms with van der Waals surface area (Å²) in [4.78, 5) is 11.1. The van der Waals surface area contributed by atoms with Gasteiger partial charge in [0.05, 0.1) is 11.3 Å². The Morgan fingerprint density at radius 2 is 2.12 bits per heavy atom. The summed E-state index contributed by atoms with van der Waals surface area (Å²) in [5.41, 5.74) is 2.48. The van der Waals surface area contributed by atoms with E-state index < -0.39 is 5.97 Å². The van der Waals surface area contributed by atoms with Crippen molar-refractivity contribution >= 4 is 11.7 Å². The topological polar surface area (TPSA) is 49.3 Å². The highest BCUT2D eigenvalue weighted by Gasteiger charge is 2.37. The minimum atomic E-state index is -0.854. The summed E-state index contributed by atoms with van der Waals surface area (Å²) < 4.78 is 0. The Balaban J connectivity index is 2.57. The minimum absolute atomic E-state index is 0.112. The molecular weight excluding hydrogens is 202 g/mol. The van der Waals surface area contributed by atoms with E-state index in [1.807, 2.05) is 6.07 Å². The van der Waals surface area contributed by atoms with Crippen molar-refractivity contribution in [3.05, 3.63) is 29.3 Å². The van der Waals surface area contributed by atoms with E-state index in [1.54, 1.807) is 6.07 Å². The molecule has 86 valence electrons. The van der Waals surface area contributed by atoms with Gasteiger partial charge >= 0.3 is 5.97 Å². The SMILES string of the molecule is CCC1(CC)CNc2c(C(=O)O)cccc21. The fraction of sp³-hybridized carbons (Fsp3) is 0.462. The van der Waals surface area contributed by atoms with E-state index in [0.717, 1.165) is 30.6 Å². The van der Waals surface area contributed by atoms with E-state index >= 15 is 0 Å². The number of benzene rings is 1. The smallest absolute Gasteiger partial charge is 0.337 e. The molecule has 0 spiro atoms. The van der Waals surface area contributed by atoms with Crippen LogP contribution in [0.3, 0.4) is 0 Å². The molecule has 1 heterocycles. The molecule has 0 fully saturated rings. The highest BCUT2D eigenvalue weighted by atomic mass is 16.4. The second-order valence-electron chi connectivity index (χ2n) is 4.37. The van der Waals surface area contributed by atoms with E-state index in [4.69, 9.17) is 5.11 Å². The number of carboxylic acids is 1. The van der Waals surface area contributed by atoms with Gasteiger partial charge < -0.3 is 10.4 Å². The fourth-order valence-corrected chi connectivity index (χ4v) is 2.60. The van der Waals surface area contributed by atoms with Crippen LogP contribution in [-0.4, -0.2) is 17.6 Å². The third-order valence-electron chi connectivity index (χ3n) is 3.82. The third-order valence-corrected chi connectivity index (χ3v) is 3.82. The van der Waals surface area contributed by atoms with Crippen molar-refractivity contribution in [2.75, 3.05) is 11.9 Å². The van der Waals surface area contributed by atoms with Crippen LogP contribution >= 0.6 is 0 Å². The Kier molecular flexibility index (Phi) is 2.62. The van der Waals surface area contributed by atoms with Crippen LogP contribution in [0.4, 0.5) is 5.69 Å². The Labute approximate surface area is 95.5 Å². The van der Waals surface area contributed by atoms with Gasteiger partial charge in [-0.15, -0.1) is 0 Å². The predicted octanol–water partition coefficient (Wildman–Crippen LogP) is 2.87. The number of rotatable bonds is 3. The van der Waals surface area contributed by atoms with Crippen molar-refractivity contribution in [2.45, 2.75) is 32.1 Å². The number of fused-ring (bicyclic) bond motifs is 1. The average molecular weight is 219 g/mol. The summed E-state index contributed by atoms with van der Waals surface area (Å²) in [6, 6.07) is 5.56. The molecule has 1 aliphatic rings. The van der Waals surface area contributed by atoms with Crippen LogP contribution < -0.4 is 5.32 Å². The highest BCUT2D eigenvalue weighted by molar-refractivity contribution is 5.96. The van der Waals surface area contributed by atoms with Gasteiger partial charge in [-0.3, -0.25) is 0 Å². The minimum Gasteiger partial charge on any atom is -0.478 e. The Morgan fingerprint density at radius 3 is 2.69 bits per heavy atom. The molecule has 2 rings (SSSR count). The van der Waals surface area contributed by atoms with Crippen molar-refractivity contribution in [1.29, 1.82) is 0 Å². The molecule has 0 aliphatic carbocycles. The first-order valence-electron chi connectivity index (χ1n) is 5.75. The third kappa shape index (κ3) is 1.39. The van der Waals surface area contributed by atoms with Gasteiger partial charge in [0, 0.05) is 12.0 Å². The number of nitrogens with one attached hydrogen (secondary N) is 1. The van der Waals surface area contributed by atoms with Crippen LogP contribution in [0.5, 0.6) is 0 Å². The molecule has 16 heavy (non-hydrogen) atoms. The molecule has 1 aliphatic heterocycles. The van der Waals surface area contributed by atoms with E-state index in [0.29, 0.717) is 5.56 Å². The molecule has 2 N–H and O–H groups in total. The maximum absolute atomic E-state index is 11.1. The van der Waals surface area contributed by atoms with Crippen LogP contribution in [-0.2, 0) is 5.41 Å².